The van der Waals surface area contributed by atoms with E-state index in [1.165, 1.54) is 276 Å². The Morgan fingerprint density at radius 2 is 0.671 bits per heavy atom. The molecule has 0 aromatic rings. The second-order valence-electron chi connectivity index (χ2n) is 26.4. The minimum Gasteiger partial charge on any atom is -0.394 e. The SMILES string of the molecule is CCCCCCCCCCCCCCCCCCCCCCCCCCCCCCCCCCCCCCCCCC(=O)NC(COC1OC(CO)C(OC2OC(CO)C(O)C(O)C2O)C(O)C1O)C(O)CCCCCCCCCCCCCC. The average molecular weight is 1210 g/mol. The van der Waals surface area contributed by atoms with Gasteiger partial charge in [-0.05, 0) is 12.8 Å². The highest BCUT2D eigenvalue weighted by Gasteiger charge is 2.51. The quantitative estimate of drug-likeness (QED) is 0.0259. The van der Waals surface area contributed by atoms with Gasteiger partial charge >= 0.3 is 0 Å². The molecule has 14 nitrogen and oxygen atoms in total. The number of hydrogen-bond acceptors (Lipinski definition) is 13. The van der Waals surface area contributed by atoms with Crippen LogP contribution in [-0.4, -0.2) is 140 Å². The molecule has 506 valence electrons. The molecule has 0 radical (unpaired) electrons. The lowest BCUT2D eigenvalue weighted by Crippen LogP contribution is -2.65. The maximum Gasteiger partial charge on any atom is 0.220 e. The van der Waals surface area contributed by atoms with E-state index in [0.29, 0.717) is 12.8 Å². The van der Waals surface area contributed by atoms with Crippen molar-refractivity contribution in [2.45, 2.75) is 428 Å². The molecule has 0 aliphatic carbocycles. The van der Waals surface area contributed by atoms with Crippen LogP contribution >= 0.6 is 0 Å². The van der Waals surface area contributed by atoms with Crippen molar-refractivity contribution in [1.82, 2.24) is 5.32 Å². The lowest BCUT2D eigenvalue weighted by Gasteiger charge is -2.46. The Hall–Kier alpha value is -1.01. The summed E-state index contributed by atoms with van der Waals surface area (Å²) in [5.41, 5.74) is 0. The molecule has 2 heterocycles. The second-order valence-corrected chi connectivity index (χ2v) is 26.4. The number of amides is 1. The first-order chi connectivity index (χ1) is 41.6. The van der Waals surface area contributed by atoms with Crippen molar-refractivity contribution in [2.24, 2.45) is 0 Å². The van der Waals surface area contributed by atoms with E-state index in [-0.39, 0.29) is 12.5 Å². The average Bonchev–Trinajstić information content (AvgIpc) is 3.60. The number of ether oxygens (including phenoxy) is 4. The zero-order valence-corrected chi connectivity index (χ0v) is 55.1. The molecule has 0 saturated carbocycles. The van der Waals surface area contributed by atoms with Crippen molar-refractivity contribution in [3.05, 3.63) is 0 Å². The normalized spacial score (nSPS) is 23.4. The summed E-state index contributed by atoms with van der Waals surface area (Å²) in [6.07, 6.45) is 51.8. The van der Waals surface area contributed by atoms with Gasteiger partial charge in [0.25, 0.3) is 0 Å². The molecule has 0 aromatic heterocycles. The fourth-order valence-corrected chi connectivity index (χ4v) is 12.7. The first-order valence-corrected chi connectivity index (χ1v) is 36.8. The van der Waals surface area contributed by atoms with Crippen molar-refractivity contribution < 1.29 is 64.6 Å². The predicted octanol–water partition coefficient (Wildman–Crippen LogP) is 15.2. The van der Waals surface area contributed by atoms with Crippen LogP contribution in [0.3, 0.4) is 0 Å². The molecule has 14 heteroatoms. The summed E-state index contributed by atoms with van der Waals surface area (Å²) in [5.74, 6) is -0.199. The Labute approximate surface area is 521 Å². The van der Waals surface area contributed by atoms with Crippen LogP contribution in [0.2, 0.25) is 0 Å². The standard InChI is InChI=1S/C71H139NO13/c1-3-5-7-9-11-13-15-17-18-19-20-21-22-23-24-25-26-27-28-29-30-31-32-33-34-35-36-37-38-39-40-41-42-43-45-47-49-51-53-55-63(76)72-59(60(75)54-52-50-48-46-44-16-14-12-10-8-6-4-2)58-82-70-68(81)66(79)69(62(57-74)84-70)85-71-67(80)65(78)64(77)61(56-73)83-71/h59-62,64-71,73-75,77-81H,3-58H2,1-2H3,(H,72,76). The molecule has 2 fully saturated rings. The third-order valence-electron chi connectivity index (χ3n) is 18.6. The smallest absolute Gasteiger partial charge is 0.220 e. The van der Waals surface area contributed by atoms with Gasteiger partial charge in [0.2, 0.25) is 5.91 Å². The molecule has 2 saturated heterocycles. The van der Waals surface area contributed by atoms with E-state index in [2.05, 4.69) is 19.2 Å². The van der Waals surface area contributed by atoms with Crippen LogP contribution < -0.4 is 5.32 Å². The Morgan fingerprint density at radius 1 is 0.376 bits per heavy atom. The zero-order valence-electron chi connectivity index (χ0n) is 55.1. The van der Waals surface area contributed by atoms with Gasteiger partial charge in [-0.25, -0.2) is 0 Å². The van der Waals surface area contributed by atoms with Crippen molar-refractivity contribution in [3.8, 4) is 0 Å². The number of carbonyl (C=O) groups excluding carboxylic acids is 1. The minimum absolute atomic E-state index is 0.199. The van der Waals surface area contributed by atoms with E-state index in [1.807, 2.05) is 0 Å². The number of nitrogens with one attached hydrogen (secondary N) is 1. The monoisotopic (exact) mass is 1210 g/mol. The van der Waals surface area contributed by atoms with Crippen LogP contribution in [-0.2, 0) is 23.7 Å². The Bertz CT molecular complexity index is 1430. The molecule has 0 spiro atoms. The summed E-state index contributed by atoms with van der Waals surface area (Å²) >= 11 is 0. The molecule has 2 aliphatic rings. The van der Waals surface area contributed by atoms with Crippen molar-refractivity contribution in [2.75, 3.05) is 19.8 Å². The molecule has 85 heavy (non-hydrogen) atoms. The third-order valence-corrected chi connectivity index (χ3v) is 18.6. The lowest BCUT2D eigenvalue weighted by molar-refractivity contribution is -0.359. The molecule has 1 amide bonds. The van der Waals surface area contributed by atoms with Gasteiger partial charge in [0.05, 0.1) is 32.0 Å². The molecule has 0 aromatic carbocycles. The molecular weight excluding hydrogens is 1070 g/mol. The van der Waals surface area contributed by atoms with Gasteiger partial charge in [0.15, 0.2) is 12.6 Å². The van der Waals surface area contributed by atoms with Crippen LogP contribution in [0.15, 0.2) is 0 Å². The number of carbonyl (C=O) groups is 1. The molecule has 2 rings (SSSR count). The van der Waals surface area contributed by atoms with Gasteiger partial charge in [0, 0.05) is 6.42 Å². The fraction of sp³-hybridized carbons (Fsp3) is 0.986. The summed E-state index contributed by atoms with van der Waals surface area (Å²) < 4.78 is 22.9. The third kappa shape index (κ3) is 41.2. The highest BCUT2D eigenvalue weighted by atomic mass is 16.7. The van der Waals surface area contributed by atoms with Gasteiger partial charge < -0.3 is 65.1 Å². The fourth-order valence-electron chi connectivity index (χ4n) is 12.7. The van der Waals surface area contributed by atoms with E-state index in [9.17, 15) is 45.6 Å². The minimum atomic E-state index is -1.78. The van der Waals surface area contributed by atoms with Crippen LogP contribution in [0.25, 0.3) is 0 Å². The number of rotatable bonds is 62. The summed E-state index contributed by atoms with van der Waals surface area (Å²) in [5, 5.41) is 87.4. The van der Waals surface area contributed by atoms with E-state index in [1.54, 1.807) is 0 Å². The van der Waals surface area contributed by atoms with Crippen LogP contribution in [0.4, 0.5) is 0 Å². The number of hydrogen-bond donors (Lipinski definition) is 9. The number of aliphatic hydroxyl groups excluding tert-OH is 8. The highest BCUT2D eigenvalue weighted by molar-refractivity contribution is 5.76. The Kier molecular flexibility index (Phi) is 53.6. The van der Waals surface area contributed by atoms with Crippen molar-refractivity contribution in [1.29, 1.82) is 0 Å². The second kappa shape index (κ2) is 56.9. The van der Waals surface area contributed by atoms with E-state index in [4.69, 9.17) is 18.9 Å². The van der Waals surface area contributed by atoms with E-state index < -0.39 is 86.8 Å². The first kappa shape index (κ1) is 80.1. The number of unbranched alkanes of at least 4 members (excludes halogenated alkanes) is 49. The topological polar surface area (TPSA) is 228 Å². The van der Waals surface area contributed by atoms with Crippen LogP contribution in [0.1, 0.15) is 354 Å². The summed E-state index contributed by atoms with van der Waals surface area (Å²) in [7, 11) is 0. The van der Waals surface area contributed by atoms with E-state index >= 15 is 0 Å². The van der Waals surface area contributed by atoms with Crippen LogP contribution in [0.5, 0.6) is 0 Å². The highest BCUT2D eigenvalue weighted by Crippen LogP contribution is 2.30. The van der Waals surface area contributed by atoms with Crippen molar-refractivity contribution in [3.63, 3.8) is 0 Å². The van der Waals surface area contributed by atoms with Gasteiger partial charge in [0.1, 0.15) is 48.8 Å². The van der Waals surface area contributed by atoms with Gasteiger partial charge in [-0.15, -0.1) is 0 Å². The summed E-state index contributed by atoms with van der Waals surface area (Å²) in [6, 6.07) is -0.823. The summed E-state index contributed by atoms with van der Waals surface area (Å²) in [6.45, 7) is 2.90. The maximum absolute atomic E-state index is 13.3. The van der Waals surface area contributed by atoms with Crippen molar-refractivity contribution >= 4 is 5.91 Å². The van der Waals surface area contributed by atoms with Crippen LogP contribution in [0, 0.1) is 0 Å². The lowest BCUT2D eigenvalue weighted by atomic mass is 9.97. The molecule has 2 aliphatic heterocycles. The Balaban J connectivity index is 1.51. The molecule has 12 atom stereocenters. The van der Waals surface area contributed by atoms with Gasteiger partial charge in [-0.3, -0.25) is 4.79 Å². The first-order valence-electron chi connectivity index (χ1n) is 36.8. The van der Waals surface area contributed by atoms with Gasteiger partial charge in [-0.1, -0.05) is 335 Å². The largest absolute Gasteiger partial charge is 0.394 e. The predicted molar refractivity (Wildman–Crippen MR) is 346 cm³/mol. The molecule has 12 unspecified atom stereocenters. The zero-order chi connectivity index (χ0) is 61.6. The molecule has 0 bridgehead atoms. The Morgan fingerprint density at radius 3 is 1.00 bits per heavy atom. The summed E-state index contributed by atoms with van der Waals surface area (Å²) in [4.78, 5) is 13.3. The van der Waals surface area contributed by atoms with E-state index in [0.717, 1.165) is 51.4 Å². The molecular formula is C71H139NO13. The molecule has 9 N–H and O–H groups in total. The maximum atomic E-state index is 13.3. The van der Waals surface area contributed by atoms with Gasteiger partial charge in [-0.2, -0.15) is 0 Å². The number of aliphatic hydroxyl groups is 8.